The highest BCUT2D eigenvalue weighted by atomic mass is 19.4. The van der Waals surface area contributed by atoms with E-state index in [1.54, 1.807) is 0 Å². The van der Waals surface area contributed by atoms with Crippen molar-refractivity contribution in [2.75, 3.05) is 6.54 Å². The molecule has 20 heavy (non-hydrogen) atoms. The second kappa shape index (κ2) is 5.40. The van der Waals surface area contributed by atoms with Gasteiger partial charge in [-0.15, -0.1) is 0 Å². The molecule has 1 aliphatic carbocycles. The molecule has 0 spiro atoms. The summed E-state index contributed by atoms with van der Waals surface area (Å²) in [7, 11) is 0. The Hall–Kier alpha value is -1.63. The van der Waals surface area contributed by atoms with Gasteiger partial charge in [-0.25, -0.2) is 4.39 Å². The molecule has 7 heteroatoms. The zero-order valence-corrected chi connectivity index (χ0v) is 10.5. The van der Waals surface area contributed by atoms with E-state index in [2.05, 4.69) is 5.32 Å². The molecule has 0 aliphatic heterocycles. The standard InChI is InChI=1S/C13H14F4N2O/c14-11-2-1-8(13(15,16)17)5-10(11)12(20)19-6-7-3-9(18)4-7/h1-2,5,7,9H,3-4,6,18H2,(H,19,20). The number of benzene rings is 1. The molecule has 0 aromatic heterocycles. The van der Waals surface area contributed by atoms with Crippen molar-refractivity contribution in [2.45, 2.75) is 25.1 Å². The molecule has 0 radical (unpaired) electrons. The summed E-state index contributed by atoms with van der Waals surface area (Å²) in [6.45, 7) is 0.294. The molecular weight excluding hydrogens is 276 g/mol. The first-order chi connectivity index (χ1) is 9.27. The molecular formula is C13H14F4N2O. The summed E-state index contributed by atoms with van der Waals surface area (Å²) in [4.78, 5) is 11.7. The topological polar surface area (TPSA) is 55.1 Å². The van der Waals surface area contributed by atoms with Crippen molar-refractivity contribution in [1.82, 2.24) is 5.32 Å². The van der Waals surface area contributed by atoms with Crippen molar-refractivity contribution in [1.29, 1.82) is 0 Å². The maximum absolute atomic E-state index is 13.4. The Kier molecular flexibility index (Phi) is 3.99. The fraction of sp³-hybridized carbons (Fsp3) is 0.462. The third-order valence-corrected chi connectivity index (χ3v) is 3.36. The van der Waals surface area contributed by atoms with Crippen LogP contribution in [-0.2, 0) is 6.18 Å². The highest BCUT2D eigenvalue weighted by Crippen LogP contribution is 2.30. The van der Waals surface area contributed by atoms with Crippen LogP contribution < -0.4 is 11.1 Å². The summed E-state index contributed by atoms with van der Waals surface area (Å²) in [5.41, 5.74) is 3.94. The van der Waals surface area contributed by atoms with Gasteiger partial charge in [0.2, 0.25) is 0 Å². The van der Waals surface area contributed by atoms with Gasteiger partial charge in [-0.2, -0.15) is 13.2 Å². The molecule has 1 aromatic rings. The number of hydrogen-bond donors (Lipinski definition) is 2. The Morgan fingerprint density at radius 2 is 2.00 bits per heavy atom. The lowest BCUT2D eigenvalue weighted by Crippen LogP contribution is -2.42. The monoisotopic (exact) mass is 290 g/mol. The molecule has 0 saturated heterocycles. The predicted octanol–water partition coefficient (Wildman–Crippen LogP) is 2.31. The van der Waals surface area contributed by atoms with E-state index in [0.717, 1.165) is 12.8 Å². The summed E-state index contributed by atoms with van der Waals surface area (Å²) >= 11 is 0. The smallest absolute Gasteiger partial charge is 0.352 e. The fourth-order valence-electron chi connectivity index (χ4n) is 2.16. The minimum atomic E-state index is -4.61. The first kappa shape index (κ1) is 14.8. The average molecular weight is 290 g/mol. The lowest BCUT2D eigenvalue weighted by Gasteiger charge is -2.32. The molecule has 1 amide bonds. The number of carbonyl (C=O) groups is 1. The van der Waals surface area contributed by atoms with Crippen LogP contribution in [0.2, 0.25) is 0 Å². The number of alkyl halides is 3. The second-order valence-electron chi connectivity index (χ2n) is 5.00. The number of halogens is 4. The number of amides is 1. The van der Waals surface area contributed by atoms with Gasteiger partial charge in [0, 0.05) is 12.6 Å². The van der Waals surface area contributed by atoms with Crippen molar-refractivity contribution < 1.29 is 22.4 Å². The number of hydrogen-bond acceptors (Lipinski definition) is 2. The Morgan fingerprint density at radius 3 is 2.55 bits per heavy atom. The van der Waals surface area contributed by atoms with Gasteiger partial charge in [0.1, 0.15) is 5.82 Å². The first-order valence-corrected chi connectivity index (χ1v) is 6.18. The summed E-state index contributed by atoms with van der Waals surface area (Å²) in [5.74, 6) is -1.60. The van der Waals surface area contributed by atoms with Crippen LogP contribution in [0.5, 0.6) is 0 Å². The molecule has 2 rings (SSSR count). The van der Waals surface area contributed by atoms with E-state index in [-0.39, 0.29) is 12.0 Å². The van der Waals surface area contributed by atoms with Crippen LogP contribution in [0.3, 0.4) is 0 Å². The second-order valence-corrected chi connectivity index (χ2v) is 5.00. The average Bonchev–Trinajstić information content (AvgIpc) is 2.32. The maximum atomic E-state index is 13.4. The maximum Gasteiger partial charge on any atom is 0.416 e. The van der Waals surface area contributed by atoms with E-state index in [1.807, 2.05) is 0 Å². The Balaban J connectivity index is 2.05. The lowest BCUT2D eigenvalue weighted by atomic mass is 9.81. The highest BCUT2D eigenvalue weighted by Gasteiger charge is 2.32. The van der Waals surface area contributed by atoms with Crippen molar-refractivity contribution >= 4 is 5.91 Å². The number of nitrogens with one attached hydrogen (secondary N) is 1. The number of nitrogens with two attached hydrogens (primary N) is 1. The van der Waals surface area contributed by atoms with Crippen LogP contribution in [0.25, 0.3) is 0 Å². The highest BCUT2D eigenvalue weighted by molar-refractivity contribution is 5.94. The van der Waals surface area contributed by atoms with E-state index in [1.165, 1.54) is 0 Å². The van der Waals surface area contributed by atoms with Gasteiger partial charge < -0.3 is 11.1 Å². The normalized spacial score (nSPS) is 22.2. The van der Waals surface area contributed by atoms with Crippen molar-refractivity contribution in [3.63, 3.8) is 0 Å². The summed E-state index contributed by atoms with van der Waals surface area (Å²) < 4.78 is 51.0. The zero-order chi connectivity index (χ0) is 14.9. The van der Waals surface area contributed by atoms with Crippen LogP contribution in [0.1, 0.15) is 28.8 Å². The molecule has 0 unspecified atom stereocenters. The van der Waals surface area contributed by atoms with Crippen LogP contribution in [-0.4, -0.2) is 18.5 Å². The van der Waals surface area contributed by atoms with Gasteiger partial charge in [0.05, 0.1) is 11.1 Å². The van der Waals surface area contributed by atoms with Gasteiger partial charge in [0.15, 0.2) is 0 Å². The number of carbonyl (C=O) groups excluding carboxylic acids is 1. The van der Waals surface area contributed by atoms with Gasteiger partial charge in [-0.05, 0) is 37.0 Å². The van der Waals surface area contributed by atoms with Crippen LogP contribution in [0.4, 0.5) is 17.6 Å². The van der Waals surface area contributed by atoms with E-state index >= 15 is 0 Å². The summed E-state index contributed by atoms with van der Waals surface area (Å²) in [6, 6.07) is 1.90. The Morgan fingerprint density at radius 1 is 1.35 bits per heavy atom. The van der Waals surface area contributed by atoms with Gasteiger partial charge >= 0.3 is 6.18 Å². The van der Waals surface area contributed by atoms with E-state index in [4.69, 9.17) is 5.73 Å². The fourth-order valence-corrected chi connectivity index (χ4v) is 2.16. The quantitative estimate of drug-likeness (QED) is 0.839. The zero-order valence-electron chi connectivity index (χ0n) is 10.5. The van der Waals surface area contributed by atoms with Gasteiger partial charge in [-0.3, -0.25) is 4.79 Å². The van der Waals surface area contributed by atoms with Crippen LogP contribution >= 0.6 is 0 Å². The molecule has 3 nitrogen and oxygen atoms in total. The molecule has 3 N–H and O–H groups in total. The summed E-state index contributed by atoms with van der Waals surface area (Å²) in [6.07, 6.45) is -3.10. The minimum Gasteiger partial charge on any atom is -0.352 e. The van der Waals surface area contributed by atoms with Crippen LogP contribution in [0, 0.1) is 11.7 Å². The molecule has 1 fully saturated rings. The Labute approximate surface area is 113 Å². The minimum absolute atomic E-state index is 0.113. The third kappa shape index (κ3) is 3.27. The molecule has 110 valence electrons. The lowest BCUT2D eigenvalue weighted by molar-refractivity contribution is -0.137. The van der Waals surface area contributed by atoms with Crippen molar-refractivity contribution in [3.05, 3.63) is 35.1 Å². The predicted molar refractivity (Wildman–Crippen MR) is 64.4 cm³/mol. The number of rotatable bonds is 3. The molecule has 0 bridgehead atoms. The molecule has 0 atom stereocenters. The SMILES string of the molecule is NC1CC(CNC(=O)c2cc(C(F)(F)F)ccc2F)C1. The molecule has 0 heterocycles. The van der Waals surface area contributed by atoms with Crippen LogP contribution in [0.15, 0.2) is 18.2 Å². The van der Waals surface area contributed by atoms with Crippen molar-refractivity contribution in [2.24, 2.45) is 11.7 Å². The molecule has 1 aromatic carbocycles. The van der Waals surface area contributed by atoms with Gasteiger partial charge in [-0.1, -0.05) is 0 Å². The summed E-state index contributed by atoms with van der Waals surface area (Å²) in [5, 5.41) is 2.44. The largest absolute Gasteiger partial charge is 0.416 e. The van der Waals surface area contributed by atoms with Gasteiger partial charge in [0.25, 0.3) is 5.91 Å². The van der Waals surface area contributed by atoms with E-state index in [0.29, 0.717) is 24.7 Å². The van der Waals surface area contributed by atoms with Crippen molar-refractivity contribution in [3.8, 4) is 0 Å². The Bertz CT molecular complexity index is 510. The van der Waals surface area contributed by atoms with E-state index < -0.39 is 29.0 Å². The molecule has 1 saturated carbocycles. The third-order valence-electron chi connectivity index (χ3n) is 3.36. The molecule has 1 aliphatic rings. The first-order valence-electron chi connectivity index (χ1n) is 6.18. The van der Waals surface area contributed by atoms with E-state index in [9.17, 15) is 22.4 Å².